The largest absolute Gasteiger partial charge is 0.478 e. The molecule has 100 valence electrons. The van der Waals surface area contributed by atoms with E-state index in [2.05, 4.69) is 19.2 Å². The van der Waals surface area contributed by atoms with Crippen molar-refractivity contribution in [2.24, 2.45) is 0 Å². The first kappa shape index (κ1) is 14.6. The summed E-state index contributed by atoms with van der Waals surface area (Å²) >= 11 is 0. The highest BCUT2D eigenvalue weighted by molar-refractivity contribution is 5.87. The highest BCUT2D eigenvalue weighted by atomic mass is 16.4. The van der Waals surface area contributed by atoms with Gasteiger partial charge >= 0.3 is 5.97 Å². The molecule has 1 aromatic rings. The van der Waals surface area contributed by atoms with Gasteiger partial charge in [-0.25, -0.2) is 4.79 Å². The molecule has 0 spiro atoms. The van der Waals surface area contributed by atoms with E-state index in [0.717, 1.165) is 18.5 Å². The monoisotopic (exact) mass is 249 g/mol. The molecule has 0 saturated heterocycles. The van der Waals surface area contributed by atoms with Gasteiger partial charge < -0.3 is 10.4 Å². The Morgan fingerprint density at radius 2 is 1.83 bits per heavy atom. The minimum atomic E-state index is -0.877. The SMILES string of the molecule is CCCCC(CCC)Nc1ccc(C(=O)O)cc1. The van der Waals surface area contributed by atoms with Gasteiger partial charge in [-0.3, -0.25) is 0 Å². The summed E-state index contributed by atoms with van der Waals surface area (Å²) in [5, 5.41) is 12.3. The maximum absolute atomic E-state index is 10.8. The molecule has 0 aliphatic heterocycles. The summed E-state index contributed by atoms with van der Waals surface area (Å²) < 4.78 is 0. The van der Waals surface area contributed by atoms with Gasteiger partial charge in [0.1, 0.15) is 0 Å². The lowest BCUT2D eigenvalue weighted by atomic mass is 10.0. The number of anilines is 1. The van der Waals surface area contributed by atoms with Crippen molar-refractivity contribution in [3.63, 3.8) is 0 Å². The summed E-state index contributed by atoms with van der Waals surface area (Å²) in [6.45, 7) is 4.39. The van der Waals surface area contributed by atoms with E-state index in [9.17, 15) is 4.79 Å². The van der Waals surface area contributed by atoms with Gasteiger partial charge in [0.2, 0.25) is 0 Å². The molecule has 18 heavy (non-hydrogen) atoms. The molecule has 0 bridgehead atoms. The molecule has 0 aliphatic rings. The number of carboxylic acids is 1. The van der Waals surface area contributed by atoms with Crippen LogP contribution in [-0.4, -0.2) is 17.1 Å². The average molecular weight is 249 g/mol. The second-order valence-electron chi connectivity index (χ2n) is 4.65. The van der Waals surface area contributed by atoms with Crippen molar-refractivity contribution in [1.29, 1.82) is 0 Å². The standard InChI is InChI=1S/C15H23NO2/c1-3-5-7-13(6-4-2)16-14-10-8-12(9-11-14)15(17)18/h8-11,13,16H,3-7H2,1-2H3,(H,17,18). The number of aromatic carboxylic acids is 1. The lowest BCUT2D eigenvalue weighted by molar-refractivity contribution is 0.0697. The summed E-state index contributed by atoms with van der Waals surface area (Å²) in [6, 6.07) is 7.47. The second kappa shape index (κ2) is 7.75. The van der Waals surface area contributed by atoms with E-state index in [0.29, 0.717) is 11.6 Å². The van der Waals surface area contributed by atoms with Crippen molar-refractivity contribution >= 4 is 11.7 Å². The second-order valence-corrected chi connectivity index (χ2v) is 4.65. The zero-order valence-corrected chi connectivity index (χ0v) is 11.3. The zero-order chi connectivity index (χ0) is 13.4. The van der Waals surface area contributed by atoms with Gasteiger partial charge in [-0.2, -0.15) is 0 Å². The molecule has 1 rings (SSSR count). The lowest BCUT2D eigenvalue weighted by Crippen LogP contribution is -2.19. The number of unbranched alkanes of at least 4 members (excludes halogenated alkanes) is 1. The van der Waals surface area contributed by atoms with Gasteiger partial charge in [0.05, 0.1) is 5.56 Å². The van der Waals surface area contributed by atoms with Crippen LogP contribution in [0.25, 0.3) is 0 Å². The van der Waals surface area contributed by atoms with Crippen LogP contribution in [0.1, 0.15) is 56.3 Å². The maximum atomic E-state index is 10.8. The van der Waals surface area contributed by atoms with Gasteiger partial charge in [-0.15, -0.1) is 0 Å². The smallest absolute Gasteiger partial charge is 0.335 e. The molecule has 0 aromatic heterocycles. The Bertz CT molecular complexity index is 359. The number of hydrogen-bond acceptors (Lipinski definition) is 2. The average Bonchev–Trinajstić information content (AvgIpc) is 2.37. The molecule has 1 aromatic carbocycles. The van der Waals surface area contributed by atoms with Crippen LogP contribution >= 0.6 is 0 Å². The molecular weight excluding hydrogens is 226 g/mol. The summed E-state index contributed by atoms with van der Waals surface area (Å²) in [4.78, 5) is 10.8. The number of benzene rings is 1. The Morgan fingerprint density at radius 3 is 2.33 bits per heavy atom. The Balaban J connectivity index is 2.59. The first-order valence-electron chi connectivity index (χ1n) is 6.77. The van der Waals surface area contributed by atoms with Crippen LogP contribution in [-0.2, 0) is 0 Å². The molecule has 3 nitrogen and oxygen atoms in total. The number of nitrogens with one attached hydrogen (secondary N) is 1. The third kappa shape index (κ3) is 4.78. The summed E-state index contributed by atoms with van der Waals surface area (Å²) in [7, 11) is 0. The molecule has 0 amide bonds. The molecular formula is C15H23NO2. The minimum Gasteiger partial charge on any atom is -0.478 e. The third-order valence-electron chi connectivity index (χ3n) is 3.05. The quantitative estimate of drug-likeness (QED) is 0.727. The Kier molecular flexibility index (Phi) is 6.26. The predicted octanol–water partition coefficient (Wildman–Crippen LogP) is 4.16. The highest BCUT2D eigenvalue weighted by Gasteiger charge is 2.07. The van der Waals surface area contributed by atoms with Crippen LogP contribution < -0.4 is 5.32 Å². The van der Waals surface area contributed by atoms with E-state index in [1.54, 1.807) is 12.1 Å². The Hall–Kier alpha value is -1.51. The fourth-order valence-electron chi connectivity index (χ4n) is 2.03. The topological polar surface area (TPSA) is 49.3 Å². The molecule has 0 aliphatic carbocycles. The van der Waals surface area contributed by atoms with Gasteiger partial charge in [0, 0.05) is 11.7 Å². The molecule has 0 saturated carbocycles. The van der Waals surface area contributed by atoms with E-state index in [1.807, 2.05) is 12.1 Å². The fraction of sp³-hybridized carbons (Fsp3) is 0.533. The Labute approximate surface area is 109 Å². The van der Waals surface area contributed by atoms with Crippen molar-refractivity contribution in [3.05, 3.63) is 29.8 Å². The van der Waals surface area contributed by atoms with Crippen LogP contribution in [0.15, 0.2) is 24.3 Å². The van der Waals surface area contributed by atoms with Crippen molar-refractivity contribution < 1.29 is 9.90 Å². The van der Waals surface area contributed by atoms with E-state index >= 15 is 0 Å². The van der Waals surface area contributed by atoms with E-state index in [-0.39, 0.29) is 0 Å². The number of carbonyl (C=O) groups is 1. The van der Waals surface area contributed by atoms with Crippen molar-refractivity contribution in [1.82, 2.24) is 0 Å². The third-order valence-corrected chi connectivity index (χ3v) is 3.05. The first-order chi connectivity index (χ1) is 8.67. The van der Waals surface area contributed by atoms with Crippen molar-refractivity contribution in [3.8, 4) is 0 Å². The summed E-state index contributed by atoms with van der Waals surface area (Å²) in [5.41, 5.74) is 1.34. The molecule has 0 heterocycles. The maximum Gasteiger partial charge on any atom is 0.335 e. The summed E-state index contributed by atoms with van der Waals surface area (Å²) in [5.74, 6) is -0.877. The molecule has 2 N–H and O–H groups in total. The molecule has 0 radical (unpaired) electrons. The normalized spacial score (nSPS) is 12.1. The van der Waals surface area contributed by atoms with E-state index < -0.39 is 5.97 Å². The van der Waals surface area contributed by atoms with Gasteiger partial charge in [-0.05, 0) is 37.1 Å². The first-order valence-corrected chi connectivity index (χ1v) is 6.77. The highest BCUT2D eigenvalue weighted by Crippen LogP contribution is 2.16. The molecule has 1 atom stereocenters. The molecule has 3 heteroatoms. The fourth-order valence-corrected chi connectivity index (χ4v) is 2.03. The van der Waals surface area contributed by atoms with Crippen molar-refractivity contribution in [2.75, 3.05) is 5.32 Å². The minimum absolute atomic E-state index is 0.334. The van der Waals surface area contributed by atoms with Crippen molar-refractivity contribution in [2.45, 2.75) is 52.0 Å². The lowest BCUT2D eigenvalue weighted by Gasteiger charge is -2.19. The summed E-state index contributed by atoms with van der Waals surface area (Å²) in [6.07, 6.45) is 5.92. The van der Waals surface area contributed by atoms with Crippen LogP contribution in [0, 0.1) is 0 Å². The molecule has 1 unspecified atom stereocenters. The number of carboxylic acid groups (broad SMARTS) is 1. The van der Waals surface area contributed by atoms with Gasteiger partial charge in [0.25, 0.3) is 0 Å². The van der Waals surface area contributed by atoms with E-state index in [4.69, 9.17) is 5.11 Å². The van der Waals surface area contributed by atoms with Gasteiger partial charge in [-0.1, -0.05) is 33.1 Å². The van der Waals surface area contributed by atoms with Crippen LogP contribution in [0.2, 0.25) is 0 Å². The Morgan fingerprint density at radius 1 is 1.17 bits per heavy atom. The van der Waals surface area contributed by atoms with E-state index in [1.165, 1.54) is 19.3 Å². The predicted molar refractivity (Wildman–Crippen MR) is 75.2 cm³/mol. The van der Waals surface area contributed by atoms with Crippen LogP contribution in [0.5, 0.6) is 0 Å². The van der Waals surface area contributed by atoms with Crippen LogP contribution in [0.3, 0.4) is 0 Å². The molecule has 0 fully saturated rings. The number of rotatable bonds is 8. The number of hydrogen-bond donors (Lipinski definition) is 2. The zero-order valence-electron chi connectivity index (χ0n) is 11.3. The van der Waals surface area contributed by atoms with Crippen LogP contribution in [0.4, 0.5) is 5.69 Å². The van der Waals surface area contributed by atoms with Gasteiger partial charge in [0.15, 0.2) is 0 Å².